The summed E-state index contributed by atoms with van der Waals surface area (Å²) >= 11 is 0. The molecule has 1 amide bonds. The molecule has 0 aliphatic carbocycles. The van der Waals surface area contributed by atoms with Crippen molar-refractivity contribution < 1.29 is 9.72 Å². The van der Waals surface area contributed by atoms with Crippen molar-refractivity contribution >= 4 is 11.9 Å². The lowest BCUT2D eigenvalue weighted by Crippen LogP contribution is -2.27. The first-order chi connectivity index (χ1) is 8.00. The predicted molar refractivity (Wildman–Crippen MR) is 61.3 cm³/mol. The van der Waals surface area contributed by atoms with Gasteiger partial charge in [-0.2, -0.15) is 0 Å². The minimum absolute atomic E-state index is 0.104. The number of carbonyl (C=O) groups excluding carboxylic acids is 1. The van der Waals surface area contributed by atoms with Crippen LogP contribution in [0.1, 0.15) is 13.8 Å². The van der Waals surface area contributed by atoms with Gasteiger partial charge in [-0.25, -0.2) is 4.57 Å². The Morgan fingerprint density at radius 3 is 2.94 bits per heavy atom. The highest BCUT2D eigenvalue weighted by Gasteiger charge is 2.16. The monoisotopic (exact) mass is 238 g/mol. The maximum absolute atomic E-state index is 11.5. The van der Waals surface area contributed by atoms with Crippen LogP contribution in [0.25, 0.3) is 0 Å². The molecule has 1 rings (SSSR count). The summed E-state index contributed by atoms with van der Waals surface area (Å²) in [6.45, 7) is 4.16. The maximum atomic E-state index is 11.5. The van der Waals surface area contributed by atoms with Crippen molar-refractivity contribution in [3.63, 3.8) is 0 Å². The van der Waals surface area contributed by atoms with Crippen LogP contribution in [0, 0.1) is 10.1 Å². The number of amides is 1. The van der Waals surface area contributed by atoms with Gasteiger partial charge in [0, 0.05) is 6.54 Å². The largest absolute Gasteiger partial charge is 0.435 e. The van der Waals surface area contributed by atoms with E-state index in [1.807, 2.05) is 19.9 Å². The molecule has 7 heteroatoms. The van der Waals surface area contributed by atoms with Gasteiger partial charge in [0.05, 0.1) is 0 Å². The second-order valence-electron chi connectivity index (χ2n) is 3.70. The van der Waals surface area contributed by atoms with Crippen molar-refractivity contribution in [3.8, 4) is 0 Å². The fourth-order valence-electron chi connectivity index (χ4n) is 1.18. The first kappa shape index (κ1) is 12.9. The average Bonchev–Trinajstić information content (AvgIpc) is 2.65. The summed E-state index contributed by atoms with van der Waals surface area (Å²) in [4.78, 5) is 24.9. The number of imidazole rings is 1. The molecular weight excluding hydrogens is 224 g/mol. The molecule has 0 aliphatic rings. The molecule has 0 saturated carbocycles. The van der Waals surface area contributed by atoms with Crippen LogP contribution in [0.4, 0.5) is 5.95 Å². The van der Waals surface area contributed by atoms with Gasteiger partial charge < -0.3 is 15.4 Å². The van der Waals surface area contributed by atoms with Crippen LogP contribution in [0.2, 0.25) is 0 Å². The number of aromatic nitrogens is 2. The second-order valence-corrected chi connectivity index (χ2v) is 3.70. The van der Waals surface area contributed by atoms with E-state index in [1.54, 1.807) is 0 Å². The summed E-state index contributed by atoms with van der Waals surface area (Å²) in [6, 6.07) is 0. The van der Waals surface area contributed by atoms with Gasteiger partial charge in [-0.05, 0) is 18.8 Å². The quantitative estimate of drug-likeness (QED) is 0.468. The molecule has 0 bridgehead atoms. The summed E-state index contributed by atoms with van der Waals surface area (Å²) in [5.41, 5.74) is 1.10. The predicted octanol–water partition coefficient (Wildman–Crippen LogP) is 0.874. The second kappa shape index (κ2) is 5.78. The zero-order valence-corrected chi connectivity index (χ0v) is 9.71. The molecule has 0 spiro atoms. The molecule has 0 atom stereocenters. The minimum atomic E-state index is -0.622. The van der Waals surface area contributed by atoms with Gasteiger partial charge in [0.25, 0.3) is 5.91 Å². The number of nitro groups is 1. The highest BCUT2D eigenvalue weighted by Crippen LogP contribution is 2.06. The van der Waals surface area contributed by atoms with Crippen LogP contribution in [0.15, 0.2) is 24.0 Å². The molecule has 0 aromatic carbocycles. The van der Waals surface area contributed by atoms with Crippen molar-refractivity contribution in [2.24, 2.45) is 0 Å². The van der Waals surface area contributed by atoms with Crippen molar-refractivity contribution in [1.82, 2.24) is 14.9 Å². The molecule has 0 unspecified atom stereocenters. The third-order valence-electron chi connectivity index (χ3n) is 1.98. The molecule has 92 valence electrons. The number of carbonyl (C=O) groups is 1. The van der Waals surface area contributed by atoms with E-state index in [0.29, 0.717) is 6.54 Å². The Morgan fingerprint density at radius 1 is 1.65 bits per heavy atom. The van der Waals surface area contributed by atoms with E-state index < -0.39 is 4.92 Å². The molecule has 0 radical (unpaired) electrons. The van der Waals surface area contributed by atoms with Crippen LogP contribution in [0.3, 0.4) is 0 Å². The maximum Gasteiger partial charge on any atom is 0.435 e. The lowest BCUT2D eigenvalue weighted by atomic mass is 10.3. The SMILES string of the molecule is CC(C)=CCNC(=O)Cn1ccnc1[N+](=O)[O-]. The van der Waals surface area contributed by atoms with E-state index in [9.17, 15) is 14.9 Å². The lowest BCUT2D eigenvalue weighted by Gasteiger charge is -2.02. The number of allylic oxidation sites excluding steroid dienone is 1. The zero-order valence-electron chi connectivity index (χ0n) is 9.71. The lowest BCUT2D eigenvalue weighted by molar-refractivity contribution is -0.396. The van der Waals surface area contributed by atoms with Crippen LogP contribution in [0.5, 0.6) is 0 Å². The Balaban J connectivity index is 2.53. The van der Waals surface area contributed by atoms with Gasteiger partial charge in [-0.3, -0.25) is 4.79 Å². The Hall–Kier alpha value is -2.18. The average molecular weight is 238 g/mol. The highest BCUT2D eigenvalue weighted by molar-refractivity contribution is 5.76. The molecule has 17 heavy (non-hydrogen) atoms. The summed E-state index contributed by atoms with van der Waals surface area (Å²) in [7, 11) is 0. The van der Waals surface area contributed by atoms with E-state index in [2.05, 4.69) is 10.3 Å². The molecule has 1 aromatic heterocycles. The molecule has 1 aromatic rings. The van der Waals surface area contributed by atoms with Gasteiger partial charge in [-0.15, -0.1) is 0 Å². The summed E-state index contributed by atoms with van der Waals surface area (Å²) in [5, 5.41) is 13.2. The molecule has 1 heterocycles. The van der Waals surface area contributed by atoms with Crippen LogP contribution < -0.4 is 5.32 Å². The third-order valence-corrected chi connectivity index (χ3v) is 1.98. The summed E-state index contributed by atoms with van der Waals surface area (Å²) in [5.74, 6) is -0.619. The number of rotatable bonds is 5. The van der Waals surface area contributed by atoms with Gasteiger partial charge in [0.1, 0.15) is 12.4 Å². The topological polar surface area (TPSA) is 90.1 Å². The Bertz CT molecular complexity index is 446. The Morgan fingerprint density at radius 2 is 2.35 bits per heavy atom. The van der Waals surface area contributed by atoms with Crippen molar-refractivity contribution in [1.29, 1.82) is 0 Å². The molecule has 0 fully saturated rings. The molecule has 0 saturated heterocycles. The molecule has 0 aliphatic heterocycles. The van der Waals surface area contributed by atoms with E-state index in [4.69, 9.17) is 0 Å². The van der Waals surface area contributed by atoms with E-state index in [-0.39, 0.29) is 18.4 Å². The zero-order chi connectivity index (χ0) is 12.8. The molecule has 1 N–H and O–H groups in total. The first-order valence-electron chi connectivity index (χ1n) is 5.06. The van der Waals surface area contributed by atoms with Crippen molar-refractivity contribution in [2.75, 3.05) is 6.54 Å². The number of hydrogen-bond donors (Lipinski definition) is 1. The fourth-order valence-corrected chi connectivity index (χ4v) is 1.18. The Labute approximate surface area is 98.3 Å². The third kappa shape index (κ3) is 4.06. The normalized spacial score (nSPS) is 9.76. The molecular formula is C10H14N4O3. The Kier molecular flexibility index (Phi) is 4.38. The standard InChI is InChI=1S/C10H14N4O3/c1-8(2)3-4-11-9(15)7-13-6-5-12-10(13)14(16)17/h3,5-6H,4,7H2,1-2H3,(H,11,15). The summed E-state index contributed by atoms with van der Waals surface area (Å²) in [6.07, 6.45) is 4.56. The van der Waals surface area contributed by atoms with Gasteiger partial charge in [0.2, 0.25) is 0 Å². The number of nitrogens with one attached hydrogen (secondary N) is 1. The first-order valence-corrected chi connectivity index (χ1v) is 5.06. The molecule has 7 nitrogen and oxygen atoms in total. The van der Waals surface area contributed by atoms with E-state index >= 15 is 0 Å². The van der Waals surface area contributed by atoms with Gasteiger partial charge in [-0.1, -0.05) is 16.6 Å². The van der Waals surface area contributed by atoms with Gasteiger partial charge in [0.15, 0.2) is 6.54 Å². The van der Waals surface area contributed by atoms with Crippen LogP contribution >= 0.6 is 0 Å². The highest BCUT2D eigenvalue weighted by atomic mass is 16.6. The summed E-state index contributed by atoms with van der Waals surface area (Å²) < 4.78 is 1.19. The van der Waals surface area contributed by atoms with Gasteiger partial charge >= 0.3 is 5.95 Å². The number of hydrogen-bond acceptors (Lipinski definition) is 4. The van der Waals surface area contributed by atoms with E-state index in [1.165, 1.54) is 17.0 Å². The smallest absolute Gasteiger partial charge is 0.390 e. The minimum Gasteiger partial charge on any atom is -0.390 e. The van der Waals surface area contributed by atoms with E-state index in [0.717, 1.165) is 5.57 Å². The van der Waals surface area contributed by atoms with Crippen molar-refractivity contribution in [2.45, 2.75) is 20.4 Å². The fraction of sp³-hybridized carbons (Fsp3) is 0.400. The van der Waals surface area contributed by atoms with Crippen LogP contribution in [-0.2, 0) is 11.3 Å². The number of nitrogens with zero attached hydrogens (tertiary/aromatic N) is 3. The van der Waals surface area contributed by atoms with Crippen molar-refractivity contribution in [3.05, 3.63) is 34.2 Å². The van der Waals surface area contributed by atoms with Crippen LogP contribution in [-0.4, -0.2) is 26.9 Å².